The molecule has 5 heteroatoms. The van der Waals surface area contributed by atoms with E-state index >= 15 is 0 Å². The molecule has 0 radical (unpaired) electrons. The number of piperidine rings is 2. The predicted molar refractivity (Wildman–Crippen MR) is 82.2 cm³/mol. The van der Waals surface area contributed by atoms with Crippen molar-refractivity contribution in [1.82, 2.24) is 14.9 Å². The normalized spacial score (nSPS) is 30.1. The third-order valence-corrected chi connectivity index (χ3v) is 4.73. The van der Waals surface area contributed by atoms with Crippen LogP contribution in [0, 0.1) is 0 Å². The molecule has 0 aromatic carbocycles. The Balaban J connectivity index is 1.68. The molecule has 0 spiro atoms. The Labute approximate surface area is 121 Å². The van der Waals surface area contributed by atoms with Gasteiger partial charge in [-0.15, -0.1) is 0 Å². The lowest BCUT2D eigenvalue weighted by molar-refractivity contribution is 0.0608. The molecule has 1 aromatic heterocycles. The van der Waals surface area contributed by atoms with Crippen molar-refractivity contribution < 1.29 is 0 Å². The van der Waals surface area contributed by atoms with E-state index in [1.165, 1.54) is 32.1 Å². The number of hydrogen-bond acceptors (Lipinski definition) is 5. The van der Waals surface area contributed by atoms with E-state index in [2.05, 4.69) is 27.2 Å². The fraction of sp³-hybridized carbons (Fsp3) is 0.733. The minimum atomic E-state index is 0.548. The Bertz CT molecular complexity index is 447. The summed E-state index contributed by atoms with van der Waals surface area (Å²) < 4.78 is 0. The van der Waals surface area contributed by atoms with Crippen LogP contribution in [0.1, 0.15) is 32.1 Å². The maximum absolute atomic E-state index is 4.57. The number of aromatic nitrogens is 2. The highest BCUT2D eigenvalue weighted by Gasteiger charge is 2.35. The summed E-state index contributed by atoms with van der Waals surface area (Å²) >= 11 is 0. The van der Waals surface area contributed by atoms with Gasteiger partial charge in [0.05, 0.1) is 0 Å². The first-order chi connectivity index (χ1) is 9.63. The van der Waals surface area contributed by atoms with Crippen molar-refractivity contribution in [1.29, 1.82) is 0 Å². The van der Waals surface area contributed by atoms with Gasteiger partial charge >= 0.3 is 0 Å². The number of rotatable bonds is 3. The van der Waals surface area contributed by atoms with E-state index in [4.69, 9.17) is 0 Å². The van der Waals surface area contributed by atoms with Crippen LogP contribution < -0.4 is 10.2 Å². The average molecular weight is 275 g/mol. The molecule has 0 saturated carbocycles. The second-order valence-electron chi connectivity index (χ2n) is 6.35. The zero-order valence-electron chi connectivity index (χ0n) is 12.7. The highest BCUT2D eigenvalue weighted by Crippen LogP contribution is 2.33. The van der Waals surface area contributed by atoms with Crippen molar-refractivity contribution in [2.45, 2.75) is 50.2 Å². The zero-order chi connectivity index (χ0) is 14.1. The maximum Gasteiger partial charge on any atom is 0.226 e. The fourth-order valence-corrected chi connectivity index (χ4v) is 3.59. The van der Waals surface area contributed by atoms with Gasteiger partial charge in [-0.2, -0.15) is 4.98 Å². The Hall–Kier alpha value is -1.36. The molecule has 2 unspecified atom stereocenters. The Morgan fingerprint density at radius 2 is 1.95 bits per heavy atom. The summed E-state index contributed by atoms with van der Waals surface area (Å²) in [5, 5.41) is 3.62. The number of hydrogen-bond donors (Lipinski definition) is 1. The van der Waals surface area contributed by atoms with Crippen LogP contribution in [0.4, 0.5) is 11.8 Å². The minimum absolute atomic E-state index is 0.548. The molecule has 1 aromatic rings. The van der Waals surface area contributed by atoms with E-state index in [0.717, 1.165) is 23.8 Å². The third-order valence-electron chi connectivity index (χ3n) is 4.73. The van der Waals surface area contributed by atoms with Crippen LogP contribution in [0.25, 0.3) is 0 Å². The molecule has 2 aliphatic rings. The molecular weight excluding hydrogens is 250 g/mol. The summed E-state index contributed by atoms with van der Waals surface area (Å²) in [6.07, 6.45) is 8.38. The van der Waals surface area contributed by atoms with Gasteiger partial charge in [0.25, 0.3) is 0 Å². The number of nitrogens with one attached hydrogen (secondary N) is 1. The molecule has 2 bridgehead atoms. The van der Waals surface area contributed by atoms with Gasteiger partial charge in [0.1, 0.15) is 5.82 Å². The van der Waals surface area contributed by atoms with Gasteiger partial charge < -0.3 is 15.1 Å². The lowest BCUT2D eigenvalue weighted by Gasteiger charge is -2.47. The Morgan fingerprint density at radius 1 is 1.25 bits per heavy atom. The van der Waals surface area contributed by atoms with Gasteiger partial charge in [-0.3, -0.25) is 0 Å². The summed E-state index contributed by atoms with van der Waals surface area (Å²) in [4.78, 5) is 13.4. The SMILES string of the molecule is CN(C)c1nccc(NC2CC3CCCC(C2)N3C)n1. The molecule has 110 valence electrons. The van der Waals surface area contributed by atoms with Gasteiger partial charge in [-0.25, -0.2) is 4.98 Å². The lowest BCUT2D eigenvalue weighted by atomic mass is 9.82. The first kappa shape index (κ1) is 13.6. The molecule has 0 aliphatic carbocycles. The van der Waals surface area contributed by atoms with E-state index in [0.29, 0.717) is 6.04 Å². The summed E-state index contributed by atoms with van der Waals surface area (Å²) in [5.74, 6) is 1.72. The van der Waals surface area contributed by atoms with Crippen molar-refractivity contribution in [3.63, 3.8) is 0 Å². The van der Waals surface area contributed by atoms with Gasteiger partial charge in [0.15, 0.2) is 0 Å². The third kappa shape index (κ3) is 2.73. The molecule has 1 N–H and O–H groups in total. The van der Waals surface area contributed by atoms with Crippen molar-refractivity contribution in [3.8, 4) is 0 Å². The molecule has 3 rings (SSSR count). The predicted octanol–water partition coefficient (Wildman–Crippen LogP) is 1.97. The maximum atomic E-state index is 4.57. The van der Waals surface area contributed by atoms with Crippen molar-refractivity contribution in [3.05, 3.63) is 12.3 Å². The molecule has 2 atom stereocenters. The molecule has 2 fully saturated rings. The van der Waals surface area contributed by atoms with E-state index < -0.39 is 0 Å². The van der Waals surface area contributed by atoms with Gasteiger partial charge in [-0.1, -0.05) is 6.42 Å². The quantitative estimate of drug-likeness (QED) is 0.913. The largest absolute Gasteiger partial charge is 0.367 e. The molecule has 2 saturated heterocycles. The van der Waals surface area contributed by atoms with E-state index in [1.54, 1.807) is 0 Å². The van der Waals surface area contributed by atoms with Crippen LogP contribution in [0.2, 0.25) is 0 Å². The summed E-state index contributed by atoms with van der Waals surface area (Å²) in [6, 6.07) is 4.01. The second-order valence-corrected chi connectivity index (χ2v) is 6.35. The van der Waals surface area contributed by atoms with Crippen LogP contribution in [-0.4, -0.2) is 54.1 Å². The van der Waals surface area contributed by atoms with Crippen LogP contribution in [0.3, 0.4) is 0 Å². The molecule has 0 amide bonds. The standard InChI is InChI=1S/C15H25N5/c1-19(2)15-16-8-7-14(18-15)17-11-9-12-5-4-6-13(10-11)20(12)3/h7-8,11-13H,4-6,9-10H2,1-3H3,(H,16,17,18). The van der Waals surface area contributed by atoms with Crippen molar-refractivity contribution >= 4 is 11.8 Å². The first-order valence-electron chi connectivity index (χ1n) is 7.62. The van der Waals surface area contributed by atoms with Crippen LogP contribution in [0.5, 0.6) is 0 Å². The number of fused-ring (bicyclic) bond motifs is 2. The topological polar surface area (TPSA) is 44.3 Å². The second kappa shape index (κ2) is 5.56. The molecule has 2 aliphatic heterocycles. The lowest BCUT2D eigenvalue weighted by Crippen LogP contribution is -2.52. The monoisotopic (exact) mass is 275 g/mol. The van der Waals surface area contributed by atoms with Crippen LogP contribution in [0.15, 0.2) is 12.3 Å². The molecule has 20 heavy (non-hydrogen) atoms. The highest BCUT2D eigenvalue weighted by molar-refractivity contribution is 5.41. The molecule has 5 nitrogen and oxygen atoms in total. The molecular formula is C15H25N5. The smallest absolute Gasteiger partial charge is 0.226 e. The van der Waals surface area contributed by atoms with Crippen LogP contribution >= 0.6 is 0 Å². The summed E-state index contributed by atoms with van der Waals surface area (Å²) in [6.45, 7) is 0. The van der Waals surface area contributed by atoms with Gasteiger partial charge in [-0.05, 0) is 38.8 Å². The Morgan fingerprint density at radius 3 is 2.60 bits per heavy atom. The van der Waals surface area contributed by atoms with E-state index in [9.17, 15) is 0 Å². The van der Waals surface area contributed by atoms with Crippen LogP contribution in [-0.2, 0) is 0 Å². The van der Waals surface area contributed by atoms with E-state index in [1.807, 2.05) is 31.3 Å². The van der Waals surface area contributed by atoms with Gasteiger partial charge in [0, 0.05) is 38.4 Å². The van der Waals surface area contributed by atoms with E-state index in [-0.39, 0.29) is 0 Å². The fourth-order valence-electron chi connectivity index (χ4n) is 3.59. The van der Waals surface area contributed by atoms with Crippen molar-refractivity contribution in [2.24, 2.45) is 0 Å². The summed E-state index contributed by atoms with van der Waals surface area (Å²) in [5.41, 5.74) is 0. The number of anilines is 2. The van der Waals surface area contributed by atoms with Crippen molar-refractivity contribution in [2.75, 3.05) is 31.4 Å². The Kier molecular flexibility index (Phi) is 3.78. The zero-order valence-corrected chi connectivity index (χ0v) is 12.7. The number of nitrogens with zero attached hydrogens (tertiary/aromatic N) is 4. The first-order valence-corrected chi connectivity index (χ1v) is 7.62. The van der Waals surface area contributed by atoms with Gasteiger partial charge in [0.2, 0.25) is 5.95 Å². The minimum Gasteiger partial charge on any atom is -0.367 e. The molecule has 3 heterocycles. The average Bonchev–Trinajstić information content (AvgIpc) is 2.40. The highest BCUT2D eigenvalue weighted by atomic mass is 15.2. The summed E-state index contributed by atoms with van der Waals surface area (Å²) in [7, 11) is 6.23.